The molecule has 1 aliphatic heterocycles. The third-order valence-electron chi connectivity index (χ3n) is 3.82. The molecule has 1 saturated heterocycles. The maximum Gasteiger partial charge on any atom is 0.240 e. The van der Waals surface area contributed by atoms with Crippen molar-refractivity contribution in [2.75, 3.05) is 18.1 Å². The molecule has 1 heterocycles. The average molecular weight is 276 g/mol. The van der Waals surface area contributed by atoms with Gasteiger partial charge in [-0.25, -0.2) is 8.42 Å². The summed E-state index contributed by atoms with van der Waals surface area (Å²) in [4.78, 5) is 13.9. The van der Waals surface area contributed by atoms with Crippen molar-refractivity contribution in [1.29, 1.82) is 0 Å². The van der Waals surface area contributed by atoms with Crippen molar-refractivity contribution in [2.45, 2.75) is 45.7 Å². The molecule has 1 aliphatic rings. The van der Waals surface area contributed by atoms with E-state index < -0.39 is 15.9 Å². The number of sulfone groups is 1. The molecule has 3 unspecified atom stereocenters. The number of carbonyl (C=O) groups excluding carboxylic acids is 1. The fourth-order valence-corrected chi connectivity index (χ4v) is 4.03. The first-order chi connectivity index (χ1) is 8.32. The van der Waals surface area contributed by atoms with Crippen LogP contribution in [0, 0.1) is 5.92 Å². The summed E-state index contributed by atoms with van der Waals surface area (Å²) in [6.45, 7) is 6.32. The molecule has 0 aromatic carbocycles. The summed E-state index contributed by atoms with van der Waals surface area (Å²) < 4.78 is 22.9. The molecule has 0 bridgehead atoms. The Morgan fingerprint density at radius 2 is 2.06 bits per heavy atom. The third-order valence-corrected chi connectivity index (χ3v) is 5.57. The minimum absolute atomic E-state index is 0.0831. The third kappa shape index (κ3) is 3.45. The zero-order valence-electron chi connectivity index (χ0n) is 11.4. The molecule has 1 rings (SSSR count). The molecule has 0 saturated carbocycles. The number of amides is 1. The van der Waals surface area contributed by atoms with Crippen LogP contribution in [0.3, 0.4) is 0 Å². The number of hydrogen-bond acceptors (Lipinski definition) is 4. The van der Waals surface area contributed by atoms with Crippen LogP contribution in [-0.4, -0.2) is 49.4 Å². The Morgan fingerprint density at radius 1 is 1.44 bits per heavy atom. The van der Waals surface area contributed by atoms with Crippen molar-refractivity contribution >= 4 is 15.7 Å². The highest BCUT2D eigenvalue weighted by molar-refractivity contribution is 7.91. The van der Waals surface area contributed by atoms with Gasteiger partial charge in [-0.05, 0) is 19.3 Å². The standard InChI is InChI=1S/C12H24N2O3S/c1-4-9(3)11(13)12(15)14(5-2)10-6-7-18(16,17)8-10/h9-11H,4-8,13H2,1-3H3. The number of rotatable bonds is 5. The lowest BCUT2D eigenvalue weighted by molar-refractivity contribution is -0.135. The fraction of sp³-hybridized carbons (Fsp3) is 0.917. The van der Waals surface area contributed by atoms with E-state index in [4.69, 9.17) is 5.73 Å². The zero-order chi connectivity index (χ0) is 13.9. The van der Waals surface area contributed by atoms with Crippen LogP contribution in [0.4, 0.5) is 0 Å². The lowest BCUT2D eigenvalue weighted by Gasteiger charge is -2.31. The summed E-state index contributed by atoms with van der Waals surface area (Å²) in [7, 11) is -2.97. The van der Waals surface area contributed by atoms with Gasteiger partial charge in [-0.3, -0.25) is 4.79 Å². The van der Waals surface area contributed by atoms with Gasteiger partial charge in [0.1, 0.15) is 0 Å². The lowest BCUT2D eigenvalue weighted by Crippen LogP contribution is -2.51. The maximum atomic E-state index is 12.3. The zero-order valence-corrected chi connectivity index (χ0v) is 12.2. The summed E-state index contributed by atoms with van der Waals surface area (Å²) in [6.07, 6.45) is 1.38. The SMILES string of the molecule is CCC(C)C(N)C(=O)N(CC)C1CCS(=O)(=O)C1. The molecule has 0 aliphatic carbocycles. The van der Waals surface area contributed by atoms with Crippen molar-refractivity contribution in [3.63, 3.8) is 0 Å². The normalized spacial score (nSPS) is 25.7. The first-order valence-corrected chi connectivity index (χ1v) is 8.41. The molecule has 0 aromatic rings. The molecule has 0 spiro atoms. The van der Waals surface area contributed by atoms with E-state index in [-0.39, 0.29) is 29.4 Å². The van der Waals surface area contributed by atoms with E-state index in [2.05, 4.69) is 0 Å². The summed E-state index contributed by atoms with van der Waals surface area (Å²) in [5.41, 5.74) is 5.94. The van der Waals surface area contributed by atoms with Crippen LogP contribution < -0.4 is 5.73 Å². The van der Waals surface area contributed by atoms with Crippen LogP contribution in [0.1, 0.15) is 33.6 Å². The van der Waals surface area contributed by atoms with Gasteiger partial charge in [0.05, 0.1) is 17.5 Å². The van der Waals surface area contributed by atoms with E-state index >= 15 is 0 Å². The average Bonchev–Trinajstić information content (AvgIpc) is 2.68. The molecule has 2 N–H and O–H groups in total. The molecule has 6 heteroatoms. The quantitative estimate of drug-likeness (QED) is 0.788. The first kappa shape index (κ1) is 15.4. The maximum absolute atomic E-state index is 12.3. The summed E-state index contributed by atoms with van der Waals surface area (Å²) >= 11 is 0. The number of nitrogens with two attached hydrogens (primary N) is 1. The Balaban J connectivity index is 2.75. The topological polar surface area (TPSA) is 80.5 Å². The lowest BCUT2D eigenvalue weighted by atomic mass is 9.98. The second-order valence-corrected chi connectivity index (χ2v) is 7.32. The molecule has 1 fully saturated rings. The van der Waals surface area contributed by atoms with Crippen molar-refractivity contribution in [2.24, 2.45) is 11.7 Å². The van der Waals surface area contributed by atoms with E-state index in [9.17, 15) is 13.2 Å². The Labute approximate surface area is 110 Å². The molecular formula is C12H24N2O3S. The van der Waals surface area contributed by atoms with E-state index in [0.717, 1.165) is 6.42 Å². The van der Waals surface area contributed by atoms with Gasteiger partial charge >= 0.3 is 0 Å². The van der Waals surface area contributed by atoms with Crippen LogP contribution >= 0.6 is 0 Å². The first-order valence-electron chi connectivity index (χ1n) is 6.58. The van der Waals surface area contributed by atoms with Gasteiger partial charge in [0.15, 0.2) is 9.84 Å². The highest BCUT2D eigenvalue weighted by Gasteiger charge is 2.36. The van der Waals surface area contributed by atoms with Gasteiger partial charge in [0.2, 0.25) is 5.91 Å². The summed E-state index contributed by atoms with van der Waals surface area (Å²) in [5, 5.41) is 0. The molecule has 0 aromatic heterocycles. The smallest absolute Gasteiger partial charge is 0.240 e. The van der Waals surface area contributed by atoms with Crippen LogP contribution in [0.5, 0.6) is 0 Å². The van der Waals surface area contributed by atoms with Gasteiger partial charge in [0, 0.05) is 12.6 Å². The predicted molar refractivity (Wildman–Crippen MR) is 71.9 cm³/mol. The minimum Gasteiger partial charge on any atom is -0.338 e. The van der Waals surface area contributed by atoms with Crippen LogP contribution in [-0.2, 0) is 14.6 Å². The molecule has 0 radical (unpaired) electrons. The fourth-order valence-electron chi connectivity index (χ4n) is 2.30. The van der Waals surface area contributed by atoms with Gasteiger partial charge < -0.3 is 10.6 Å². The number of hydrogen-bond donors (Lipinski definition) is 1. The minimum atomic E-state index is -2.97. The highest BCUT2D eigenvalue weighted by atomic mass is 32.2. The molecule has 1 amide bonds. The second kappa shape index (κ2) is 6.02. The largest absolute Gasteiger partial charge is 0.338 e. The molecule has 106 valence electrons. The molecule has 3 atom stereocenters. The summed E-state index contributed by atoms with van der Waals surface area (Å²) in [6, 6.07) is -0.721. The molecule has 18 heavy (non-hydrogen) atoms. The van der Waals surface area contributed by atoms with Gasteiger partial charge in [-0.2, -0.15) is 0 Å². The van der Waals surface area contributed by atoms with Crippen LogP contribution in [0.15, 0.2) is 0 Å². The number of carbonyl (C=O) groups is 1. The summed E-state index contributed by atoms with van der Waals surface area (Å²) in [5.74, 6) is 0.262. The Kier molecular flexibility index (Phi) is 5.16. The monoisotopic (exact) mass is 276 g/mol. The van der Waals surface area contributed by atoms with Crippen LogP contribution in [0.25, 0.3) is 0 Å². The van der Waals surface area contributed by atoms with Crippen LogP contribution in [0.2, 0.25) is 0 Å². The van der Waals surface area contributed by atoms with E-state index in [0.29, 0.717) is 13.0 Å². The predicted octanol–water partition coefficient (Wildman–Crippen LogP) is 0.395. The van der Waals surface area contributed by atoms with Crippen molar-refractivity contribution in [3.05, 3.63) is 0 Å². The van der Waals surface area contributed by atoms with E-state index in [1.807, 2.05) is 20.8 Å². The van der Waals surface area contributed by atoms with Gasteiger partial charge in [0.25, 0.3) is 0 Å². The van der Waals surface area contributed by atoms with Crippen molar-refractivity contribution in [1.82, 2.24) is 4.90 Å². The van der Waals surface area contributed by atoms with Crippen molar-refractivity contribution in [3.8, 4) is 0 Å². The number of nitrogens with zero attached hydrogens (tertiary/aromatic N) is 1. The number of likely N-dealkylation sites (N-methyl/N-ethyl adjacent to an activating group) is 1. The molecular weight excluding hydrogens is 252 g/mol. The Hall–Kier alpha value is -0.620. The second-order valence-electron chi connectivity index (χ2n) is 5.09. The van der Waals surface area contributed by atoms with Gasteiger partial charge in [-0.15, -0.1) is 0 Å². The van der Waals surface area contributed by atoms with Gasteiger partial charge in [-0.1, -0.05) is 20.3 Å². The van der Waals surface area contributed by atoms with Crippen molar-refractivity contribution < 1.29 is 13.2 Å². The van der Waals surface area contributed by atoms with E-state index in [1.54, 1.807) is 4.90 Å². The van der Waals surface area contributed by atoms with E-state index in [1.165, 1.54) is 0 Å². The molecule has 5 nitrogen and oxygen atoms in total. The Bertz CT molecular complexity index is 394. The Morgan fingerprint density at radius 3 is 2.44 bits per heavy atom. The highest BCUT2D eigenvalue weighted by Crippen LogP contribution is 2.19.